The summed E-state index contributed by atoms with van der Waals surface area (Å²) >= 11 is 5.20. The zero-order valence-electron chi connectivity index (χ0n) is 15.9. The van der Waals surface area contributed by atoms with E-state index in [-0.39, 0.29) is 5.91 Å². The lowest BCUT2D eigenvalue weighted by Gasteiger charge is -2.11. The summed E-state index contributed by atoms with van der Waals surface area (Å²) in [5.41, 5.74) is 2.08. The van der Waals surface area contributed by atoms with E-state index < -0.39 is 0 Å². The fourth-order valence-electron chi connectivity index (χ4n) is 2.63. The van der Waals surface area contributed by atoms with Gasteiger partial charge in [-0.15, -0.1) is 0 Å². The first-order chi connectivity index (χ1) is 13.2. The van der Waals surface area contributed by atoms with E-state index in [1.54, 1.807) is 0 Å². The Balaban J connectivity index is 1.68. The molecule has 0 unspecified atom stereocenters. The molecule has 2 aromatic carbocycles. The lowest BCUT2D eigenvalue weighted by molar-refractivity contribution is -0.119. The maximum atomic E-state index is 11.8. The van der Waals surface area contributed by atoms with Gasteiger partial charge >= 0.3 is 0 Å². The van der Waals surface area contributed by atoms with Crippen LogP contribution in [0, 0.1) is 0 Å². The van der Waals surface area contributed by atoms with Crippen molar-refractivity contribution >= 4 is 28.9 Å². The first kappa shape index (κ1) is 20.9. The SMILES string of the molecule is CCCCCCC(=O)NC(=S)Nc1ccc(OCCc2ccccc2)cc1. The van der Waals surface area contributed by atoms with E-state index in [9.17, 15) is 4.79 Å². The minimum absolute atomic E-state index is 0.0375. The Hall–Kier alpha value is -2.40. The number of ether oxygens (including phenoxy) is 1. The van der Waals surface area contributed by atoms with Gasteiger partial charge in [0.2, 0.25) is 5.91 Å². The summed E-state index contributed by atoms with van der Waals surface area (Å²) in [5.74, 6) is 0.770. The van der Waals surface area contributed by atoms with Crippen LogP contribution in [-0.4, -0.2) is 17.6 Å². The largest absolute Gasteiger partial charge is 0.493 e. The molecule has 0 aliphatic heterocycles. The number of anilines is 1. The Bertz CT molecular complexity index is 702. The van der Waals surface area contributed by atoms with Crippen LogP contribution in [0.2, 0.25) is 0 Å². The third-order valence-corrected chi connectivity index (χ3v) is 4.33. The van der Waals surface area contributed by atoms with Crippen molar-refractivity contribution in [3.63, 3.8) is 0 Å². The summed E-state index contributed by atoms with van der Waals surface area (Å²) in [5, 5.41) is 6.08. The molecule has 144 valence electrons. The normalized spacial score (nSPS) is 10.3. The van der Waals surface area contributed by atoms with Gasteiger partial charge in [0.05, 0.1) is 6.61 Å². The van der Waals surface area contributed by atoms with E-state index in [4.69, 9.17) is 17.0 Å². The topological polar surface area (TPSA) is 50.4 Å². The van der Waals surface area contributed by atoms with Gasteiger partial charge in [-0.25, -0.2) is 0 Å². The van der Waals surface area contributed by atoms with Gasteiger partial charge in [0, 0.05) is 18.5 Å². The van der Waals surface area contributed by atoms with Gasteiger partial charge in [0.1, 0.15) is 5.75 Å². The second-order valence-corrected chi connectivity index (χ2v) is 6.83. The smallest absolute Gasteiger partial charge is 0.226 e. The number of carbonyl (C=O) groups excluding carboxylic acids is 1. The molecular weight excluding hydrogens is 356 g/mol. The highest BCUT2D eigenvalue weighted by Crippen LogP contribution is 2.16. The molecule has 0 aliphatic carbocycles. The average Bonchev–Trinajstić information content (AvgIpc) is 2.67. The van der Waals surface area contributed by atoms with Crippen LogP contribution in [0.3, 0.4) is 0 Å². The summed E-state index contributed by atoms with van der Waals surface area (Å²) in [4.78, 5) is 11.8. The maximum Gasteiger partial charge on any atom is 0.226 e. The third kappa shape index (κ3) is 8.69. The van der Waals surface area contributed by atoms with Crippen molar-refractivity contribution in [2.75, 3.05) is 11.9 Å². The summed E-state index contributed by atoms with van der Waals surface area (Å²) in [6.45, 7) is 2.78. The molecule has 0 heterocycles. The quantitative estimate of drug-likeness (QED) is 0.442. The minimum atomic E-state index is -0.0375. The lowest BCUT2D eigenvalue weighted by atomic mass is 10.1. The van der Waals surface area contributed by atoms with Crippen molar-refractivity contribution < 1.29 is 9.53 Å². The van der Waals surface area contributed by atoms with E-state index in [0.717, 1.165) is 43.5 Å². The summed E-state index contributed by atoms with van der Waals surface area (Å²) < 4.78 is 5.77. The highest BCUT2D eigenvalue weighted by atomic mass is 32.1. The van der Waals surface area contributed by atoms with E-state index in [2.05, 4.69) is 29.7 Å². The van der Waals surface area contributed by atoms with Gasteiger partial charge in [-0.05, 0) is 48.5 Å². The first-order valence-electron chi connectivity index (χ1n) is 9.55. The van der Waals surface area contributed by atoms with Crippen LogP contribution in [0.15, 0.2) is 54.6 Å². The first-order valence-corrected chi connectivity index (χ1v) is 9.96. The monoisotopic (exact) mass is 384 g/mol. The number of carbonyl (C=O) groups is 1. The summed E-state index contributed by atoms with van der Waals surface area (Å²) in [6, 6.07) is 17.8. The zero-order valence-corrected chi connectivity index (χ0v) is 16.7. The fraction of sp³-hybridized carbons (Fsp3) is 0.364. The molecule has 0 aliphatic rings. The van der Waals surface area contributed by atoms with Crippen LogP contribution in [0.5, 0.6) is 5.75 Å². The number of hydrogen-bond acceptors (Lipinski definition) is 3. The number of hydrogen-bond donors (Lipinski definition) is 2. The van der Waals surface area contributed by atoms with Crippen LogP contribution in [0.25, 0.3) is 0 Å². The van der Waals surface area contributed by atoms with E-state index >= 15 is 0 Å². The molecule has 0 aromatic heterocycles. The van der Waals surface area contributed by atoms with Crippen LogP contribution >= 0.6 is 12.2 Å². The predicted molar refractivity (Wildman–Crippen MR) is 115 cm³/mol. The molecule has 2 aromatic rings. The van der Waals surface area contributed by atoms with Crippen molar-refractivity contribution in [3.8, 4) is 5.75 Å². The molecule has 0 atom stereocenters. The minimum Gasteiger partial charge on any atom is -0.493 e. The average molecular weight is 385 g/mol. The second kappa shape index (κ2) is 12.1. The van der Waals surface area contributed by atoms with Crippen molar-refractivity contribution in [2.24, 2.45) is 0 Å². The van der Waals surface area contributed by atoms with Crippen LogP contribution in [-0.2, 0) is 11.2 Å². The Labute approximate surface area is 167 Å². The Morgan fingerprint density at radius 2 is 1.74 bits per heavy atom. The van der Waals surface area contributed by atoms with Crippen LogP contribution in [0.1, 0.15) is 44.6 Å². The number of rotatable bonds is 10. The standard InChI is InChI=1S/C22H28N2O2S/c1-2-3-4-8-11-21(25)24-22(27)23-19-12-14-20(15-13-19)26-17-16-18-9-6-5-7-10-18/h5-7,9-10,12-15H,2-4,8,11,16-17H2,1H3,(H2,23,24,25,27). The number of amides is 1. The molecule has 0 bridgehead atoms. The van der Waals surface area contributed by atoms with Crippen molar-refractivity contribution in [2.45, 2.75) is 45.4 Å². The van der Waals surface area contributed by atoms with Gasteiger partial charge in [-0.3, -0.25) is 4.79 Å². The van der Waals surface area contributed by atoms with E-state index in [1.807, 2.05) is 42.5 Å². The summed E-state index contributed by atoms with van der Waals surface area (Å²) in [6.07, 6.45) is 5.68. The van der Waals surface area contributed by atoms with Crippen molar-refractivity contribution in [1.82, 2.24) is 5.32 Å². The Kier molecular flexibility index (Phi) is 9.35. The fourth-order valence-corrected chi connectivity index (χ4v) is 2.86. The summed E-state index contributed by atoms with van der Waals surface area (Å²) in [7, 11) is 0. The third-order valence-electron chi connectivity index (χ3n) is 4.12. The van der Waals surface area contributed by atoms with Crippen molar-refractivity contribution in [1.29, 1.82) is 0 Å². The van der Waals surface area contributed by atoms with Crippen LogP contribution < -0.4 is 15.4 Å². The zero-order chi connectivity index (χ0) is 19.3. The van der Waals surface area contributed by atoms with Gasteiger partial charge < -0.3 is 15.4 Å². The number of thiocarbonyl (C=S) groups is 1. The molecule has 0 saturated carbocycles. The molecule has 1 amide bonds. The van der Waals surface area contributed by atoms with Gasteiger partial charge in [0.25, 0.3) is 0 Å². The molecule has 5 heteroatoms. The molecule has 4 nitrogen and oxygen atoms in total. The Morgan fingerprint density at radius 3 is 2.44 bits per heavy atom. The van der Waals surface area contributed by atoms with Gasteiger partial charge in [0.15, 0.2) is 5.11 Å². The molecule has 0 fully saturated rings. The molecule has 0 saturated heterocycles. The molecule has 2 rings (SSSR count). The Morgan fingerprint density at radius 1 is 1.00 bits per heavy atom. The molecule has 0 radical (unpaired) electrons. The second-order valence-electron chi connectivity index (χ2n) is 6.42. The molecule has 2 N–H and O–H groups in total. The predicted octanol–water partition coefficient (Wildman–Crippen LogP) is 5.09. The van der Waals surface area contributed by atoms with Crippen LogP contribution in [0.4, 0.5) is 5.69 Å². The molecule has 0 spiro atoms. The number of nitrogens with one attached hydrogen (secondary N) is 2. The van der Waals surface area contributed by atoms with Crippen molar-refractivity contribution in [3.05, 3.63) is 60.2 Å². The van der Waals surface area contributed by atoms with Gasteiger partial charge in [-0.2, -0.15) is 0 Å². The highest BCUT2D eigenvalue weighted by Gasteiger charge is 2.05. The lowest BCUT2D eigenvalue weighted by Crippen LogP contribution is -2.33. The highest BCUT2D eigenvalue weighted by molar-refractivity contribution is 7.80. The maximum absolute atomic E-state index is 11.8. The molecule has 27 heavy (non-hydrogen) atoms. The number of unbranched alkanes of at least 4 members (excludes halogenated alkanes) is 3. The van der Waals surface area contributed by atoms with Gasteiger partial charge in [-0.1, -0.05) is 56.5 Å². The molecular formula is C22H28N2O2S. The van der Waals surface area contributed by atoms with E-state index in [0.29, 0.717) is 18.1 Å². The van der Waals surface area contributed by atoms with E-state index in [1.165, 1.54) is 5.56 Å². The number of benzene rings is 2.